The fourth-order valence-corrected chi connectivity index (χ4v) is 6.08. The van der Waals surface area contributed by atoms with Crippen LogP contribution < -0.4 is 0 Å². The third-order valence-electron chi connectivity index (χ3n) is 8.00. The molecule has 3 saturated heterocycles. The first-order valence-corrected chi connectivity index (χ1v) is 12.1. The van der Waals surface area contributed by atoms with Crippen LogP contribution in [0.5, 0.6) is 0 Å². The lowest BCUT2D eigenvalue weighted by Crippen LogP contribution is -2.35. The number of nitrogens with zero attached hydrogens (tertiary/aromatic N) is 2. The van der Waals surface area contributed by atoms with Gasteiger partial charge in [0.1, 0.15) is 0 Å². The van der Waals surface area contributed by atoms with Crippen molar-refractivity contribution in [2.24, 2.45) is 17.8 Å². The van der Waals surface area contributed by atoms with Crippen molar-refractivity contribution in [1.29, 1.82) is 0 Å². The summed E-state index contributed by atoms with van der Waals surface area (Å²) in [6, 6.07) is 10.1. The maximum Gasteiger partial charge on any atom is 0.228 e. The Balaban J connectivity index is 1.22. The van der Waals surface area contributed by atoms with E-state index in [2.05, 4.69) is 47.1 Å². The van der Waals surface area contributed by atoms with Gasteiger partial charge >= 0.3 is 0 Å². The minimum Gasteiger partial charge on any atom is -0.381 e. The molecule has 0 N–H and O–H groups in total. The first kappa shape index (κ1) is 20.3. The summed E-state index contributed by atoms with van der Waals surface area (Å²) in [5.74, 6) is 1.54. The fraction of sp³-hybridized carbons (Fsp3) is 0.654. The monoisotopic (exact) mass is 408 g/mol. The van der Waals surface area contributed by atoms with Crippen LogP contribution in [-0.2, 0) is 16.0 Å². The van der Waals surface area contributed by atoms with Crippen LogP contribution in [0.2, 0.25) is 0 Å². The van der Waals surface area contributed by atoms with Crippen molar-refractivity contribution >= 4 is 11.5 Å². The fourth-order valence-electron chi connectivity index (χ4n) is 6.08. The van der Waals surface area contributed by atoms with Gasteiger partial charge in [-0.25, -0.2) is 0 Å². The third-order valence-corrected chi connectivity index (χ3v) is 8.00. The number of amides is 1. The quantitative estimate of drug-likeness (QED) is 0.738. The van der Waals surface area contributed by atoms with E-state index in [0.29, 0.717) is 24.3 Å². The molecule has 1 aromatic rings. The molecular formula is C26H36N2O2. The lowest BCUT2D eigenvalue weighted by molar-refractivity contribution is -0.134. The van der Waals surface area contributed by atoms with Crippen LogP contribution in [0.15, 0.2) is 30.3 Å². The van der Waals surface area contributed by atoms with Crippen LogP contribution in [0.25, 0.3) is 5.57 Å². The summed E-state index contributed by atoms with van der Waals surface area (Å²) in [6.07, 6.45) is 9.53. The molecule has 4 aliphatic rings. The average Bonchev–Trinajstić information content (AvgIpc) is 3.52. The number of likely N-dealkylation sites (tertiary alicyclic amines) is 2. The van der Waals surface area contributed by atoms with Crippen molar-refractivity contribution in [1.82, 2.24) is 9.80 Å². The summed E-state index contributed by atoms with van der Waals surface area (Å²) in [5, 5.41) is 0. The Morgan fingerprint density at radius 1 is 1.13 bits per heavy atom. The van der Waals surface area contributed by atoms with Crippen LogP contribution >= 0.6 is 0 Å². The molecule has 0 aromatic heterocycles. The normalized spacial score (nSPS) is 31.8. The molecule has 162 valence electrons. The van der Waals surface area contributed by atoms with Gasteiger partial charge in [0.15, 0.2) is 0 Å². The second-order valence-corrected chi connectivity index (χ2v) is 9.88. The van der Waals surface area contributed by atoms with Crippen LogP contribution in [-0.4, -0.2) is 61.1 Å². The highest BCUT2D eigenvalue weighted by molar-refractivity contribution is 5.80. The van der Waals surface area contributed by atoms with Gasteiger partial charge in [0.05, 0.1) is 12.5 Å². The van der Waals surface area contributed by atoms with E-state index in [-0.39, 0.29) is 5.92 Å². The largest absolute Gasteiger partial charge is 0.381 e. The van der Waals surface area contributed by atoms with Crippen molar-refractivity contribution in [2.75, 3.05) is 39.4 Å². The summed E-state index contributed by atoms with van der Waals surface area (Å²) in [7, 11) is 0. The molecule has 1 aliphatic carbocycles. The number of benzene rings is 1. The van der Waals surface area contributed by atoms with Gasteiger partial charge in [0, 0.05) is 38.2 Å². The Morgan fingerprint density at radius 2 is 2.00 bits per heavy atom. The van der Waals surface area contributed by atoms with Crippen LogP contribution in [0.4, 0.5) is 0 Å². The zero-order valence-corrected chi connectivity index (χ0v) is 18.4. The molecule has 3 fully saturated rings. The van der Waals surface area contributed by atoms with E-state index in [4.69, 9.17) is 4.74 Å². The molecule has 1 amide bonds. The summed E-state index contributed by atoms with van der Waals surface area (Å²) in [5.41, 5.74) is 4.28. The van der Waals surface area contributed by atoms with Crippen molar-refractivity contribution < 1.29 is 9.53 Å². The van der Waals surface area contributed by atoms with E-state index in [9.17, 15) is 4.79 Å². The second kappa shape index (κ2) is 8.84. The summed E-state index contributed by atoms with van der Waals surface area (Å²) >= 11 is 0. The molecule has 4 nitrogen and oxygen atoms in total. The second-order valence-electron chi connectivity index (χ2n) is 9.88. The number of carbonyl (C=O) groups is 1. The molecule has 3 aliphatic heterocycles. The average molecular weight is 409 g/mol. The topological polar surface area (TPSA) is 32.8 Å². The maximum absolute atomic E-state index is 12.9. The number of fused-ring (bicyclic) bond motifs is 1. The van der Waals surface area contributed by atoms with Gasteiger partial charge in [-0.3, -0.25) is 4.79 Å². The molecule has 4 atom stereocenters. The molecule has 2 unspecified atom stereocenters. The zero-order valence-electron chi connectivity index (χ0n) is 18.4. The smallest absolute Gasteiger partial charge is 0.228 e. The minimum atomic E-state index is 0.0928. The predicted molar refractivity (Wildman–Crippen MR) is 120 cm³/mol. The van der Waals surface area contributed by atoms with E-state index >= 15 is 0 Å². The lowest BCUT2D eigenvalue weighted by atomic mass is 9.78. The van der Waals surface area contributed by atoms with E-state index in [1.165, 1.54) is 49.1 Å². The van der Waals surface area contributed by atoms with Gasteiger partial charge in [-0.05, 0) is 74.6 Å². The van der Waals surface area contributed by atoms with Gasteiger partial charge in [-0.1, -0.05) is 30.3 Å². The van der Waals surface area contributed by atoms with Gasteiger partial charge in [0.2, 0.25) is 5.91 Å². The Morgan fingerprint density at radius 3 is 2.73 bits per heavy atom. The summed E-state index contributed by atoms with van der Waals surface area (Å²) in [4.78, 5) is 17.7. The third kappa shape index (κ3) is 4.09. The molecule has 4 heteroatoms. The Labute approximate surface area is 181 Å². The molecule has 5 rings (SSSR count). The SMILES string of the molecule is CC1CCCN1CCc1ccc(C2=CCC[C@@H]3CN(C(=O)C4CCOC4)C[C@H]23)cc1. The summed E-state index contributed by atoms with van der Waals surface area (Å²) in [6.45, 7) is 7.98. The number of carbonyl (C=O) groups excluding carboxylic acids is 1. The molecule has 0 saturated carbocycles. The predicted octanol–water partition coefficient (Wildman–Crippen LogP) is 4.00. The Hall–Kier alpha value is -1.65. The van der Waals surface area contributed by atoms with Gasteiger partial charge in [0.25, 0.3) is 0 Å². The molecule has 0 radical (unpaired) electrons. The number of hydrogen-bond donors (Lipinski definition) is 0. The van der Waals surface area contributed by atoms with E-state index in [0.717, 1.165) is 45.0 Å². The standard InChI is InChI=1S/C26H36N2O2/c1-19-4-3-13-27(19)14-11-20-7-9-21(10-8-20)24-6-2-5-22-16-28(17-25(22)24)26(29)23-12-15-30-18-23/h6-10,19,22-23,25H,2-5,11-18H2,1H3/t19?,22-,23?,25+/m1/s1. The van der Waals surface area contributed by atoms with Crippen molar-refractivity contribution in [3.63, 3.8) is 0 Å². The minimum absolute atomic E-state index is 0.0928. The van der Waals surface area contributed by atoms with E-state index in [1.54, 1.807) is 0 Å². The van der Waals surface area contributed by atoms with Crippen LogP contribution in [0.1, 0.15) is 50.2 Å². The first-order valence-electron chi connectivity index (χ1n) is 12.1. The molecule has 1 aromatic carbocycles. The molecular weight excluding hydrogens is 372 g/mol. The number of hydrogen-bond acceptors (Lipinski definition) is 3. The molecule has 3 heterocycles. The van der Waals surface area contributed by atoms with Crippen molar-refractivity contribution in [3.05, 3.63) is 41.5 Å². The Kier molecular flexibility index (Phi) is 5.97. The number of allylic oxidation sites excluding steroid dienone is 1. The van der Waals surface area contributed by atoms with E-state index < -0.39 is 0 Å². The van der Waals surface area contributed by atoms with Crippen LogP contribution in [0, 0.1) is 17.8 Å². The maximum atomic E-state index is 12.9. The molecule has 30 heavy (non-hydrogen) atoms. The molecule has 0 spiro atoms. The van der Waals surface area contributed by atoms with Crippen LogP contribution in [0.3, 0.4) is 0 Å². The van der Waals surface area contributed by atoms with Gasteiger partial charge < -0.3 is 14.5 Å². The first-order chi connectivity index (χ1) is 14.7. The summed E-state index contributed by atoms with van der Waals surface area (Å²) < 4.78 is 5.45. The van der Waals surface area contributed by atoms with Gasteiger partial charge in [-0.2, -0.15) is 0 Å². The highest BCUT2D eigenvalue weighted by Crippen LogP contribution is 2.42. The van der Waals surface area contributed by atoms with Crippen molar-refractivity contribution in [2.45, 2.75) is 51.5 Å². The van der Waals surface area contributed by atoms with Gasteiger partial charge in [-0.15, -0.1) is 0 Å². The molecule has 0 bridgehead atoms. The number of rotatable bonds is 5. The number of ether oxygens (including phenoxy) is 1. The Bertz CT molecular complexity index is 781. The zero-order chi connectivity index (χ0) is 20.5. The van der Waals surface area contributed by atoms with E-state index in [1.807, 2.05) is 0 Å². The lowest BCUT2D eigenvalue weighted by Gasteiger charge is -2.26. The highest BCUT2D eigenvalue weighted by Gasteiger charge is 2.41. The van der Waals surface area contributed by atoms with Crippen molar-refractivity contribution in [3.8, 4) is 0 Å². The highest BCUT2D eigenvalue weighted by atomic mass is 16.5.